The Bertz CT molecular complexity index is 688. The third kappa shape index (κ3) is 4.86. The molecule has 8 heteroatoms. The summed E-state index contributed by atoms with van der Waals surface area (Å²) in [4.78, 5) is 12.8. The van der Waals surface area contributed by atoms with Gasteiger partial charge in [-0.15, -0.1) is 12.4 Å². The molecule has 0 radical (unpaired) electrons. The van der Waals surface area contributed by atoms with Crippen molar-refractivity contribution in [3.63, 3.8) is 0 Å². The molecule has 1 aliphatic rings. The Morgan fingerprint density at radius 3 is 2.56 bits per heavy atom. The van der Waals surface area contributed by atoms with Crippen LogP contribution in [0.2, 0.25) is 0 Å². The molecule has 0 aliphatic carbocycles. The summed E-state index contributed by atoms with van der Waals surface area (Å²) in [6.07, 6.45) is 1.74. The van der Waals surface area contributed by atoms with Crippen LogP contribution in [0.25, 0.3) is 0 Å². The quantitative estimate of drug-likeness (QED) is 0.774. The molecule has 25 heavy (non-hydrogen) atoms. The van der Waals surface area contributed by atoms with Crippen molar-refractivity contribution in [3.05, 3.63) is 29.8 Å². The van der Waals surface area contributed by atoms with Crippen LogP contribution in [0.15, 0.2) is 24.3 Å². The monoisotopic (exact) mass is 390 g/mol. The Hall–Kier alpha value is -1.31. The summed E-state index contributed by atoms with van der Waals surface area (Å²) in [6.45, 7) is 5.36. The van der Waals surface area contributed by atoms with E-state index in [4.69, 9.17) is 4.74 Å². The Morgan fingerprint density at radius 2 is 2.00 bits per heavy atom. The highest BCUT2D eigenvalue weighted by molar-refractivity contribution is 7.92. The first-order chi connectivity index (χ1) is 11.3. The maximum Gasteiger partial charge on any atom is 0.242 e. The summed E-state index contributed by atoms with van der Waals surface area (Å²) < 4.78 is 28.7. The van der Waals surface area contributed by atoms with Crippen LogP contribution < -0.4 is 15.4 Å². The highest BCUT2D eigenvalue weighted by Crippen LogP contribution is 2.29. The molecule has 0 spiro atoms. The smallest absolute Gasteiger partial charge is 0.242 e. The van der Waals surface area contributed by atoms with Crippen LogP contribution in [0.3, 0.4) is 0 Å². The molecule has 1 atom stereocenters. The van der Waals surface area contributed by atoms with Crippen molar-refractivity contribution < 1.29 is 17.9 Å². The molecule has 2 rings (SSSR count). The number of ether oxygens (including phenoxy) is 1. The van der Waals surface area contributed by atoms with Gasteiger partial charge in [0.05, 0.1) is 12.6 Å². The molecule has 142 valence electrons. The average Bonchev–Trinajstić information content (AvgIpc) is 2.55. The highest BCUT2D eigenvalue weighted by Gasteiger charge is 2.48. The maximum atomic E-state index is 12.8. The zero-order chi connectivity index (χ0) is 17.8. The summed E-state index contributed by atoms with van der Waals surface area (Å²) >= 11 is 0. The predicted molar refractivity (Wildman–Crippen MR) is 101 cm³/mol. The van der Waals surface area contributed by atoms with E-state index in [9.17, 15) is 13.2 Å². The number of hydrogen-bond acceptors (Lipinski definition) is 5. The van der Waals surface area contributed by atoms with Crippen molar-refractivity contribution in [3.8, 4) is 5.75 Å². The third-order valence-electron chi connectivity index (χ3n) is 4.55. The van der Waals surface area contributed by atoms with Crippen molar-refractivity contribution in [2.45, 2.75) is 37.5 Å². The van der Waals surface area contributed by atoms with Gasteiger partial charge in [0.25, 0.3) is 0 Å². The lowest BCUT2D eigenvalue weighted by Crippen LogP contribution is -2.57. The second-order valence-electron chi connectivity index (χ2n) is 6.22. The Morgan fingerprint density at radius 1 is 1.36 bits per heavy atom. The van der Waals surface area contributed by atoms with Crippen molar-refractivity contribution in [2.75, 3.05) is 26.0 Å². The van der Waals surface area contributed by atoms with E-state index in [2.05, 4.69) is 10.6 Å². The van der Waals surface area contributed by atoms with Gasteiger partial charge in [0.2, 0.25) is 5.91 Å². The fraction of sp³-hybridized carbons (Fsp3) is 0.588. The predicted octanol–water partition coefficient (Wildman–Crippen LogP) is 1.85. The van der Waals surface area contributed by atoms with Crippen LogP contribution in [-0.2, 0) is 14.6 Å². The second kappa shape index (κ2) is 8.87. The van der Waals surface area contributed by atoms with Gasteiger partial charge in [-0.3, -0.25) is 4.79 Å². The van der Waals surface area contributed by atoms with Gasteiger partial charge in [-0.2, -0.15) is 0 Å². The minimum Gasteiger partial charge on any atom is -0.494 e. The maximum absolute atomic E-state index is 12.8. The SMILES string of the molecule is CCOc1cccc(C(C)NC(=O)C2(S(C)(=O)=O)CCNCC2)c1.Cl. The molecule has 1 aromatic rings. The Kier molecular flexibility index (Phi) is 7.71. The summed E-state index contributed by atoms with van der Waals surface area (Å²) in [5.74, 6) is 0.316. The molecule has 1 saturated heterocycles. The number of carbonyl (C=O) groups is 1. The van der Waals surface area contributed by atoms with Gasteiger partial charge < -0.3 is 15.4 Å². The average molecular weight is 391 g/mol. The number of carbonyl (C=O) groups excluding carboxylic acids is 1. The number of amides is 1. The number of sulfone groups is 1. The first-order valence-electron chi connectivity index (χ1n) is 8.24. The molecule has 0 aromatic heterocycles. The zero-order valence-electron chi connectivity index (χ0n) is 14.9. The van der Waals surface area contributed by atoms with Crippen LogP contribution in [0.1, 0.15) is 38.3 Å². The molecule has 0 saturated carbocycles. The van der Waals surface area contributed by atoms with Crippen molar-refractivity contribution in [2.24, 2.45) is 0 Å². The number of benzene rings is 1. The molecule has 2 N–H and O–H groups in total. The number of halogens is 1. The van der Waals surface area contributed by atoms with E-state index >= 15 is 0 Å². The van der Waals surface area contributed by atoms with Gasteiger partial charge >= 0.3 is 0 Å². The number of hydrogen-bond donors (Lipinski definition) is 2. The summed E-state index contributed by atoms with van der Waals surface area (Å²) in [5, 5.41) is 5.99. The topological polar surface area (TPSA) is 84.5 Å². The van der Waals surface area contributed by atoms with Crippen LogP contribution in [0.4, 0.5) is 0 Å². The second-order valence-corrected chi connectivity index (χ2v) is 8.54. The van der Waals surface area contributed by atoms with Gasteiger partial charge in [-0.25, -0.2) is 8.42 Å². The number of rotatable bonds is 6. The number of piperidine rings is 1. The van der Waals surface area contributed by atoms with E-state index in [1.165, 1.54) is 0 Å². The van der Waals surface area contributed by atoms with Crippen molar-refractivity contribution in [1.29, 1.82) is 0 Å². The van der Waals surface area contributed by atoms with Crippen LogP contribution in [0, 0.1) is 0 Å². The van der Waals surface area contributed by atoms with Crippen LogP contribution in [-0.4, -0.2) is 45.0 Å². The van der Waals surface area contributed by atoms with Gasteiger partial charge in [-0.05, 0) is 57.5 Å². The molecule has 1 aromatic carbocycles. The lowest BCUT2D eigenvalue weighted by molar-refractivity contribution is -0.125. The van der Waals surface area contributed by atoms with Gasteiger partial charge in [0, 0.05) is 6.26 Å². The standard InChI is InChI=1S/C17H26N2O4S.ClH/c1-4-23-15-7-5-6-14(12-15)13(2)19-16(20)17(24(3,21)22)8-10-18-11-9-17;/h5-7,12-13,18H,4,8-11H2,1-3H3,(H,19,20);1H. The minimum atomic E-state index is -3.51. The van der Waals surface area contributed by atoms with E-state index in [0.717, 1.165) is 17.6 Å². The van der Waals surface area contributed by atoms with E-state index in [1.807, 2.05) is 38.1 Å². The van der Waals surface area contributed by atoms with Crippen molar-refractivity contribution >= 4 is 28.2 Å². The molecule has 1 unspecified atom stereocenters. The summed E-state index contributed by atoms with van der Waals surface area (Å²) in [5.41, 5.74) is 0.881. The lowest BCUT2D eigenvalue weighted by Gasteiger charge is -2.35. The largest absolute Gasteiger partial charge is 0.494 e. The summed E-state index contributed by atoms with van der Waals surface area (Å²) in [7, 11) is -3.51. The fourth-order valence-corrected chi connectivity index (χ4v) is 4.39. The molecule has 0 bridgehead atoms. The zero-order valence-corrected chi connectivity index (χ0v) is 16.5. The van der Waals surface area contributed by atoms with E-state index in [-0.39, 0.29) is 18.4 Å². The molecular weight excluding hydrogens is 364 g/mol. The molecule has 6 nitrogen and oxygen atoms in total. The van der Waals surface area contributed by atoms with Crippen molar-refractivity contribution in [1.82, 2.24) is 10.6 Å². The van der Waals surface area contributed by atoms with E-state index in [1.54, 1.807) is 0 Å². The van der Waals surface area contributed by atoms with E-state index in [0.29, 0.717) is 32.5 Å². The first kappa shape index (κ1) is 21.7. The molecule has 1 heterocycles. The third-order valence-corrected chi connectivity index (χ3v) is 6.56. The van der Waals surface area contributed by atoms with Crippen LogP contribution in [0.5, 0.6) is 5.75 Å². The Labute approximate surface area is 156 Å². The first-order valence-corrected chi connectivity index (χ1v) is 10.1. The molecule has 1 amide bonds. The highest BCUT2D eigenvalue weighted by atomic mass is 35.5. The lowest BCUT2D eigenvalue weighted by atomic mass is 9.95. The minimum absolute atomic E-state index is 0. The molecule has 1 aliphatic heterocycles. The van der Waals surface area contributed by atoms with Gasteiger partial charge in [0.1, 0.15) is 5.75 Å². The Balaban J connectivity index is 0.00000312. The summed E-state index contributed by atoms with van der Waals surface area (Å²) in [6, 6.07) is 7.17. The molecule has 1 fully saturated rings. The van der Waals surface area contributed by atoms with E-state index < -0.39 is 20.5 Å². The van der Waals surface area contributed by atoms with Gasteiger partial charge in [0.15, 0.2) is 14.6 Å². The fourth-order valence-electron chi connectivity index (χ4n) is 3.05. The van der Waals surface area contributed by atoms with Crippen LogP contribution >= 0.6 is 12.4 Å². The number of nitrogens with one attached hydrogen (secondary N) is 2. The normalized spacial score (nSPS) is 17.9. The van der Waals surface area contributed by atoms with Gasteiger partial charge in [-0.1, -0.05) is 12.1 Å². The molecular formula is C17H27ClN2O4S.